The van der Waals surface area contributed by atoms with Gasteiger partial charge in [-0.05, 0) is 19.8 Å². The molecule has 1 atom stereocenters. The quantitative estimate of drug-likeness (QED) is 0.160. The lowest BCUT2D eigenvalue weighted by Crippen LogP contribution is -2.43. The van der Waals surface area contributed by atoms with Gasteiger partial charge in [0.05, 0.1) is 0 Å². The first-order chi connectivity index (χ1) is 18.9. The SMILES string of the molecule is C[C@@H](OC(=O)C(=N)/C=C(\O)c1ccccc1)c1nc(C2CC(NC(=O)c3cc(-c4ccccc4)on3)C2)no1. The summed E-state index contributed by atoms with van der Waals surface area (Å²) >= 11 is 0. The number of hydrogen-bond donors (Lipinski definition) is 3. The number of esters is 1. The van der Waals surface area contributed by atoms with Crippen LogP contribution < -0.4 is 5.32 Å². The molecule has 2 aromatic carbocycles. The van der Waals surface area contributed by atoms with E-state index < -0.39 is 17.8 Å². The predicted molar refractivity (Wildman–Crippen MR) is 139 cm³/mol. The fourth-order valence-electron chi connectivity index (χ4n) is 4.07. The van der Waals surface area contributed by atoms with Crippen LogP contribution in [0.2, 0.25) is 0 Å². The molecule has 3 N–H and O–H groups in total. The molecular formula is C28H25N5O6. The molecule has 0 radical (unpaired) electrons. The minimum Gasteiger partial charge on any atom is -0.507 e. The summed E-state index contributed by atoms with van der Waals surface area (Å²) in [5.74, 6) is -0.476. The summed E-state index contributed by atoms with van der Waals surface area (Å²) in [6, 6.07) is 19.5. The van der Waals surface area contributed by atoms with Gasteiger partial charge in [0.25, 0.3) is 11.8 Å². The normalized spacial score (nSPS) is 17.6. The number of carbonyl (C=O) groups is 2. The summed E-state index contributed by atoms with van der Waals surface area (Å²) in [5.41, 5.74) is 0.979. The predicted octanol–water partition coefficient (Wildman–Crippen LogP) is 4.62. The summed E-state index contributed by atoms with van der Waals surface area (Å²) in [5, 5.41) is 28.8. The molecule has 2 aromatic heterocycles. The van der Waals surface area contributed by atoms with Gasteiger partial charge in [-0.15, -0.1) is 0 Å². The summed E-state index contributed by atoms with van der Waals surface area (Å²) in [6.45, 7) is 1.55. The highest BCUT2D eigenvalue weighted by molar-refractivity contribution is 6.40. The van der Waals surface area contributed by atoms with E-state index in [9.17, 15) is 14.7 Å². The van der Waals surface area contributed by atoms with E-state index in [1.807, 2.05) is 30.3 Å². The van der Waals surface area contributed by atoms with Crippen molar-refractivity contribution in [2.24, 2.45) is 0 Å². The highest BCUT2D eigenvalue weighted by atomic mass is 16.6. The van der Waals surface area contributed by atoms with E-state index in [-0.39, 0.29) is 35.2 Å². The number of rotatable bonds is 9. The van der Waals surface area contributed by atoms with Gasteiger partial charge in [0, 0.05) is 35.2 Å². The van der Waals surface area contributed by atoms with Crippen LogP contribution in [0.15, 0.2) is 81.9 Å². The second kappa shape index (κ2) is 11.1. The van der Waals surface area contributed by atoms with Gasteiger partial charge >= 0.3 is 5.97 Å². The third-order valence-corrected chi connectivity index (χ3v) is 6.30. The monoisotopic (exact) mass is 527 g/mol. The third-order valence-electron chi connectivity index (χ3n) is 6.30. The molecule has 1 aliphatic rings. The molecule has 5 rings (SSSR count). The Kier molecular flexibility index (Phi) is 7.30. The van der Waals surface area contributed by atoms with Crippen molar-refractivity contribution in [3.63, 3.8) is 0 Å². The Labute approximate surface area is 223 Å². The maximum absolute atomic E-state index is 12.6. The molecule has 0 spiro atoms. The Morgan fingerprint density at radius 3 is 2.49 bits per heavy atom. The van der Waals surface area contributed by atoms with E-state index >= 15 is 0 Å². The molecule has 0 saturated heterocycles. The summed E-state index contributed by atoms with van der Waals surface area (Å²) in [6.07, 6.45) is 1.34. The number of aliphatic hydroxyl groups is 1. The van der Waals surface area contributed by atoms with Gasteiger partial charge in [0.1, 0.15) is 11.5 Å². The smallest absolute Gasteiger partial charge is 0.357 e. The van der Waals surface area contributed by atoms with Gasteiger partial charge in [-0.1, -0.05) is 71.0 Å². The Balaban J connectivity index is 1.10. The van der Waals surface area contributed by atoms with E-state index in [2.05, 4.69) is 20.6 Å². The Morgan fingerprint density at radius 2 is 1.77 bits per heavy atom. The fourth-order valence-corrected chi connectivity index (χ4v) is 4.07. The molecule has 4 aromatic rings. The average Bonchev–Trinajstić information content (AvgIpc) is 3.62. The van der Waals surface area contributed by atoms with E-state index in [1.54, 1.807) is 43.3 Å². The highest BCUT2D eigenvalue weighted by Crippen LogP contribution is 2.36. The van der Waals surface area contributed by atoms with E-state index in [4.69, 9.17) is 19.2 Å². The second-order valence-corrected chi connectivity index (χ2v) is 9.13. The van der Waals surface area contributed by atoms with Crippen molar-refractivity contribution in [3.05, 3.63) is 95.8 Å². The number of hydrogen-bond acceptors (Lipinski definition) is 10. The van der Waals surface area contributed by atoms with Crippen molar-refractivity contribution in [1.29, 1.82) is 5.41 Å². The van der Waals surface area contributed by atoms with Gasteiger partial charge in [-0.3, -0.25) is 10.2 Å². The van der Waals surface area contributed by atoms with Gasteiger partial charge in [-0.2, -0.15) is 4.98 Å². The maximum atomic E-state index is 12.6. The molecule has 0 bridgehead atoms. The lowest BCUT2D eigenvalue weighted by atomic mass is 9.79. The van der Waals surface area contributed by atoms with Crippen molar-refractivity contribution in [1.82, 2.24) is 20.6 Å². The molecule has 39 heavy (non-hydrogen) atoms. The van der Waals surface area contributed by atoms with Crippen LogP contribution in [0.1, 0.15) is 59.6 Å². The van der Waals surface area contributed by atoms with Crippen LogP contribution >= 0.6 is 0 Å². The fraction of sp³-hybridized carbons (Fsp3) is 0.214. The van der Waals surface area contributed by atoms with Gasteiger partial charge < -0.3 is 24.2 Å². The summed E-state index contributed by atoms with van der Waals surface area (Å²) in [7, 11) is 0. The van der Waals surface area contributed by atoms with Crippen molar-refractivity contribution < 1.29 is 28.5 Å². The Bertz CT molecular complexity index is 1510. The topological polar surface area (TPSA) is 164 Å². The molecule has 0 aliphatic heterocycles. The number of carbonyl (C=O) groups excluding carboxylic acids is 2. The minimum atomic E-state index is -0.945. The largest absolute Gasteiger partial charge is 0.507 e. The lowest BCUT2D eigenvalue weighted by molar-refractivity contribution is -0.141. The first-order valence-electron chi connectivity index (χ1n) is 12.3. The van der Waals surface area contributed by atoms with E-state index in [0.717, 1.165) is 11.6 Å². The van der Waals surface area contributed by atoms with Crippen LogP contribution in [0, 0.1) is 5.41 Å². The maximum Gasteiger partial charge on any atom is 0.357 e. The molecule has 1 saturated carbocycles. The molecule has 1 aliphatic carbocycles. The lowest BCUT2D eigenvalue weighted by Gasteiger charge is -2.33. The summed E-state index contributed by atoms with van der Waals surface area (Å²) in [4.78, 5) is 29.2. The van der Waals surface area contributed by atoms with Crippen LogP contribution in [0.3, 0.4) is 0 Å². The van der Waals surface area contributed by atoms with E-state index in [1.165, 1.54) is 0 Å². The number of ether oxygens (including phenoxy) is 1. The summed E-state index contributed by atoms with van der Waals surface area (Å²) < 4.78 is 15.8. The number of nitrogens with zero attached hydrogens (tertiary/aromatic N) is 3. The van der Waals surface area contributed by atoms with Crippen molar-refractivity contribution >= 4 is 23.3 Å². The minimum absolute atomic E-state index is 0.0306. The molecule has 1 amide bonds. The zero-order valence-corrected chi connectivity index (χ0v) is 20.9. The number of amides is 1. The Morgan fingerprint density at radius 1 is 1.08 bits per heavy atom. The van der Waals surface area contributed by atoms with Crippen molar-refractivity contribution in [3.8, 4) is 11.3 Å². The first-order valence-corrected chi connectivity index (χ1v) is 12.3. The van der Waals surface area contributed by atoms with Crippen molar-refractivity contribution in [2.45, 2.75) is 37.8 Å². The zero-order valence-electron chi connectivity index (χ0n) is 20.9. The number of benzene rings is 2. The zero-order chi connectivity index (χ0) is 27.4. The molecule has 0 unspecified atom stereocenters. The van der Waals surface area contributed by atoms with Gasteiger partial charge in [0.15, 0.2) is 23.4 Å². The first kappa shape index (κ1) is 25.6. The van der Waals surface area contributed by atoms with Crippen LogP contribution in [0.4, 0.5) is 0 Å². The number of aromatic nitrogens is 3. The number of nitrogens with one attached hydrogen (secondary N) is 2. The molecule has 2 heterocycles. The average molecular weight is 528 g/mol. The molecule has 198 valence electrons. The number of aliphatic hydroxyl groups excluding tert-OH is 1. The molecule has 11 heteroatoms. The van der Waals surface area contributed by atoms with Gasteiger partial charge in [-0.25, -0.2) is 4.79 Å². The van der Waals surface area contributed by atoms with Crippen LogP contribution in [-0.2, 0) is 9.53 Å². The van der Waals surface area contributed by atoms with E-state index in [0.29, 0.717) is 30.0 Å². The van der Waals surface area contributed by atoms with Crippen molar-refractivity contribution in [2.75, 3.05) is 0 Å². The van der Waals surface area contributed by atoms with Crippen LogP contribution in [-0.4, -0.2) is 44.0 Å². The standard InChI is InChI=1S/C28H25N5O6/c1-16(37-28(36)21(29)14-23(34)17-8-4-2-5-9-17)27-31-25(33-39-27)19-12-20(13-19)30-26(35)22-15-24(38-32-22)18-10-6-3-7-11-18/h2-11,14-16,19-20,29,34H,12-13H2,1H3,(H,30,35)/b23-14-,29-21?/t16-,19?,20?/m1/s1. The van der Waals surface area contributed by atoms with Crippen LogP contribution in [0.25, 0.3) is 17.1 Å². The van der Waals surface area contributed by atoms with Gasteiger partial charge in [0.2, 0.25) is 0 Å². The van der Waals surface area contributed by atoms with Crippen LogP contribution in [0.5, 0.6) is 0 Å². The second-order valence-electron chi connectivity index (χ2n) is 9.13. The third kappa shape index (κ3) is 5.93. The molecular weight excluding hydrogens is 502 g/mol. The Hall–Kier alpha value is -5.06. The molecule has 11 nitrogen and oxygen atoms in total. The highest BCUT2D eigenvalue weighted by Gasteiger charge is 2.36. The molecule has 1 fully saturated rings.